The zero-order valence-electron chi connectivity index (χ0n) is 11.3. The minimum Gasteiger partial charge on any atom is -0.544 e. The van der Waals surface area contributed by atoms with Crippen LogP contribution in [0.5, 0.6) is 0 Å². The van der Waals surface area contributed by atoms with E-state index in [4.69, 9.17) is 9.57 Å². The second-order valence-corrected chi connectivity index (χ2v) is 4.24. The normalized spacial score (nSPS) is 27.8. The molecule has 1 unspecified atom stereocenters. The number of carbonyl (C=O) groups is 4. The van der Waals surface area contributed by atoms with Crippen LogP contribution in [0.25, 0.3) is 0 Å². The molecule has 2 saturated heterocycles. The molecule has 1 N–H and O–H groups in total. The largest absolute Gasteiger partial charge is 1.00 e. The van der Waals surface area contributed by atoms with Crippen molar-refractivity contribution in [3.05, 3.63) is 12.7 Å². The van der Waals surface area contributed by atoms with Crippen LogP contribution in [0.2, 0.25) is 0 Å². The van der Waals surface area contributed by atoms with Gasteiger partial charge in [0, 0.05) is 6.42 Å². The number of rotatable bonds is 4. The third kappa shape index (κ3) is 3.10. The Kier molecular flexibility index (Phi) is 5.51. The van der Waals surface area contributed by atoms with E-state index >= 15 is 0 Å². The second-order valence-electron chi connectivity index (χ2n) is 4.24. The van der Waals surface area contributed by atoms with Gasteiger partial charge in [-0.05, 0) is 6.08 Å². The number of hydrogen-bond acceptors (Lipinski definition) is 7. The van der Waals surface area contributed by atoms with Crippen molar-refractivity contribution in [1.29, 1.82) is 0 Å². The smallest absolute Gasteiger partial charge is 0.544 e. The van der Waals surface area contributed by atoms with Gasteiger partial charge >= 0.3 is 35.5 Å². The molecule has 2 rings (SSSR count). The van der Waals surface area contributed by atoms with Crippen molar-refractivity contribution in [2.45, 2.75) is 24.6 Å². The van der Waals surface area contributed by atoms with Crippen LogP contribution in [0.4, 0.5) is 0 Å². The molecule has 0 radical (unpaired) electrons. The van der Waals surface area contributed by atoms with E-state index in [9.17, 15) is 24.3 Å². The van der Waals surface area contributed by atoms with Gasteiger partial charge in [0.1, 0.15) is 18.6 Å². The number of esters is 1. The third-order valence-electron chi connectivity index (χ3n) is 2.97. The van der Waals surface area contributed by atoms with Crippen molar-refractivity contribution >= 4 is 23.8 Å². The Balaban J connectivity index is 0.00000220. The molecule has 108 valence electrons. The summed E-state index contributed by atoms with van der Waals surface area (Å²) in [5.74, 6) is -3.98. The molecule has 0 saturated carbocycles. The Labute approximate surface area is 141 Å². The molecule has 2 fully saturated rings. The summed E-state index contributed by atoms with van der Waals surface area (Å²) < 4.78 is 4.69. The van der Waals surface area contributed by atoms with Gasteiger partial charge in [0.15, 0.2) is 0 Å². The van der Waals surface area contributed by atoms with Crippen molar-refractivity contribution in [2.75, 3.05) is 6.61 Å². The number of cyclic esters (lactones) is 1. The molecule has 10 heteroatoms. The van der Waals surface area contributed by atoms with Gasteiger partial charge in [-0.3, -0.25) is 19.2 Å². The average molecular weight is 306 g/mol. The predicted octanol–water partition coefficient (Wildman–Crippen LogP) is -5.78. The number of ether oxygens (including phenoxy) is 1. The van der Waals surface area contributed by atoms with Gasteiger partial charge in [-0.1, -0.05) is 6.58 Å². The molecule has 2 amide bonds. The number of carbonyl (C=O) groups excluding carboxylic acids is 4. The summed E-state index contributed by atoms with van der Waals surface area (Å²) in [6.07, 6.45) is 0.507. The van der Waals surface area contributed by atoms with Crippen molar-refractivity contribution in [2.24, 2.45) is 0 Å². The SMILES string of the molecule is C=CC(=O)N[C@H]1CON(C2(C(=O)[O-])CCC(=O)O2)C1=O.[Na+]. The number of hydroxylamine groups is 2. The van der Waals surface area contributed by atoms with Gasteiger partial charge in [0.2, 0.25) is 5.91 Å². The molecule has 9 nitrogen and oxygen atoms in total. The van der Waals surface area contributed by atoms with Gasteiger partial charge in [0.05, 0.1) is 6.42 Å². The summed E-state index contributed by atoms with van der Waals surface area (Å²) in [5.41, 5.74) is -2.28. The summed E-state index contributed by atoms with van der Waals surface area (Å²) in [4.78, 5) is 50.5. The number of carboxylic acids is 1. The van der Waals surface area contributed by atoms with Crippen molar-refractivity contribution in [3.63, 3.8) is 0 Å². The van der Waals surface area contributed by atoms with Crippen LogP contribution in [0.3, 0.4) is 0 Å². The molecule has 2 atom stereocenters. The summed E-state index contributed by atoms with van der Waals surface area (Å²) in [6.45, 7) is 2.95. The number of hydrogen-bond donors (Lipinski definition) is 1. The monoisotopic (exact) mass is 306 g/mol. The Hall–Kier alpha value is -1.42. The van der Waals surface area contributed by atoms with Gasteiger partial charge < -0.3 is 20.0 Å². The summed E-state index contributed by atoms with van der Waals surface area (Å²) in [5, 5.41) is 13.9. The number of carboxylic acid groups (broad SMARTS) is 1. The first kappa shape index (κ1) is 17.6. The second kappa shape index (κ2) is 6.56. The minimum atomic E-state index is -2.28. The van der Waals surface area contributed by atoms with E-state index < -0.39 is 35.5 Å². The first-order valence-electron chi connectivity index (χ1n) is 5.74. The van der Waals surface area contributed by atoms with E-state index in [0.29, 0.717) is 5.06 Å². The van der Waals surface area contributed by atoms with Crippen molar-refractivity contribution in [1.82, 2.24) is 10.4 Å². The van der Waals surface area contributed by atoms with Crippen LogP contribution >= 0.6 is 0 Å². The van der Waals surface area contributed by atoms with E-state index in [2.05, 4.69) is 11.9 Å². The Bertz CT molecular complexity index is 509. The number of aliphatic carboxylic acids is 1. The van der Waals surface area contributed by atoms with Crippen molar-refractivity contribution < 1.29 is 63.4 Å². The zero-order valence-corrected chi connectivity index (χ0v) is 13.3. The molecular formula is C11H11N2NaO7. The molecule has 0 spiro atoms. The first-order chi connectivity index (χ1) is 9.40. The Morgan fingerprint density at radius 1 is 1.48 bits per heavy atom. The predicted molar refractivity (Wildman–Crippen MR) is 58.0 cm³/mol. The van der Waals surface area contributed by atoms with Crippen LogP contribution in [-0.4, -0.2) is 47.2 Å². The van der Waals surface area contributed by atoms with E-state index in [1.54, 1.807) is 0 Å². The molecule has 0 aromatic rings. The maximum atomic E-state index is 12.0. The van der Waals surface area contributed by atoms with Crippen LogP contribution in [0.1, 0.15) is 12.8 Å². The Morgan fingerprint density at radius 2 is 2.14 bits per heavy atom. The number of amides is 2. The van der Waals surface area contributed by atoms with Crippen LogP contribution in [0, 0.1) is 0 Å². The Morgan fingerprint density at radius 3 is 2.62 bits per heavy atom. The molecule has 2 aliphatic heterocycles. The van der Waals surface area contributed by atoms with Crippen LogP contribution in [-0.2, 0) is 28.8 Å². The molecule has 0 aromatic carbocycles. The summed E-state index contributed by atoms with van der Waals surface area (Å²) >= 11 is 0. The quantitative estimate of drug-likeness (QED) is 0.311. The molecule has 2 heterocycles. The zero-order chi connectivity index (χ0) is 14.9. The van der Waals surface area contributed by atoms with Gasteiger partial charge in [-0.15, -0.1) is 0 Å². The van der Waals surface area contributed by atoms with E-state index in [-0.39, 0.29) is 49.0 Å². The molecule has 21 heavy (non-hydrogen) atoms. The molecule has 0 bridgehead atoms. The van der Waals surface area contributed by atoms with Crippen LogP contribution in [0.15, 0.2) is 12.7 Å². The standard InChI is InChI=1S/C11H12N2O7.Na/c1-2-7(14)12-6-5-19-13(9(6)16)11(10(17)18)4-3-8(15)20-11;/h2,6H,1,3-5H2,(H,12,14)(H,17,18);/q;+1/p-1/t6-,11?;/m0./s1. The molecule has 2 aliphatic rings. The van der Waals surface area contributed by atoms with Crippen LogP contribution < -0.4 is 40.0 Å². The fourth-order valence-electron chi connectivity index (χ4n) is 1.97. The van der Waals surface area contributed by atoms with Crippen molar-refractivity contribution in [3.8, 4) is 0 Å². The van der Waals surface area contributed by atoms with E-state index in [1.165, 1.54) is 0 Å². The number of nitrogens with zero attached hydrogens (tertiary/aromatic N) is 1. The van der Waals surface area contributed by atoms with Gasteiger partial charge in [0.25, 0.3) is 11.6 Å². The number of nitrogens with one attached hydrogen (secondary N) is 1. The van der Waals surface area contributed by atoms with E-state index in [1.807, 2.05) is 0 Å². The molecule has 0 aliphatic carbocycles. The summed E-state index contributed by atoms with van der Waals surface area (Å²) in [7, 11) is 0. The molecular weight excluding hydrogens is 295 g/mol. The molecule has 0 aromatic heterocycles. The fraction of sp³-hybridized carbons (Fsp3) is 0.455. The maximum Gasteiger partial charge on any atom is 1.00 e. The fourth-order valence-corrected chi connectivity index (χ4v) is 1.97. The first-order valence-corrected chi connectivity index (χ1v) is 5.74. The average Bonchev–Trinajstić information content (AvgIpc) is 2.95. The van der Waals surface area contributed by atoms with E-state index in [0.717, 1.165) is 6.08 Å². The maximum absolute atomic E-state index is 12.0. The minimum absolute atomic E-state index is 0. The summed E-state index contributed by atoms with van der Waals surface area (Å²) in [6, 6.07) is -1.07. The van der Waals surface area contributed by atoms with Gasteiger partial charge in [-0.25, -0.2) is 0 Å². The van der Waals surface area contributed by atoms with Gasteiger partial charge in [-0.2, -0.15) is 5.06 Å². The topological polar surface area (TPSA) is 125 Å². The third-order valence-corrected chi connectivity index (χ3v) is 2.97.